The van der Waals surface area contributed by atoms with Crippen molar-refractivity contribution in [3.8, 4) is 0 Å². The van der Waals surface area contributed by atoms with Crippen LogP contribution in [0.1, 0.15) is 29.6 Å². The zero-order chi connectivity index (χ0) is 11.0. The zero-order valence-corrected chi connectivity index (χ0v) is 9.30. The summed E-state index contributed by atoms with van der Waals surface area (Å²) < 4.78 is 0. The Morgan fingerprint density at radius 3 is 2.56 bits per heavy atom. The van der Waals surface area contributed by atoms with E-state index in [2.05, 4.69) is 12.2 Å². The summed E-state index contributed by atoms with van der Waals surface area (Å²) in [6, 6.07) is 9.68. The van der Waals surface area contributed by atoms with E-state index in [-0.39, 0.29) is 0 Å². The summed E-state index contributed by atoms with van der Waals surface area (Å²) in [6.07, 6.45) is 7.88. The topological polar surface area (TPSA) is 17.1 Å². The summed E-state index contributed by atoms with van der Waals surface area (Å²) in [7, 11) is 0. The lowest BCUT2D eigenvalue weighted by molar-refractivity contribution is 0.0954. The van der Waals surface area contributed by atoms with Crippen LogP contribution in [0.5, 0.6) is 0 Å². The molecule has 1 nitrogen and oxygen atoms in total. The lowest BCUT2D eigenvalue weighted by atomic mass is 9.87. The van der Waals surface area contributed by atoms with E-state index in [1.807, 2.05) is 30.3 Å². The van der Waals surface area contributed by atoms with Crippen LogP contribution < -0.4 is 0 Å². The fourth-order valence-electron chi connectivity index (χ4n) is 3.11. The van der Waals surface area contributed by atoms with Crippen molar-refractivity contribution in [1.29, 1.82) is 0 Å². The average Bonchev–Trinajstić information content (AvgIpc) is 2.92. The van der Waals surface area contributed by atoms with Crippen molar-refractivity contribution in [3.63, 3.8) is 0 Å². The van der Waals surface area contributed by atoms with Crippen LogP contribution in [0, 0.1) is 17.8 Å². The molecular formula is C15H16O. The molecule has 0 radical (unpaired) electrons. The molecule has 0 saturated heterocycles. The third-order valence-corrected chi connectivity index (χ3v) is 3.96. The number of benzene rings is 1. The summed E-state index contributed by atoms with van der Waals surface area (Å²) in [6.45, 7) is 0. The molecule has 1 aromatic carbocycles. The molecule has 2 aliphatic carbocycles. The second-order valence-corrected chi connectivity index (χ2v) is 5.03. The standard InChI is InChI=1S/C15H16O/c16-15(12-4-2-1-3-5-12)10-14-9-11-6-7-13(14)8-11/h1-7,11,13-14H,8-10H2. The van der Waals surface area contributed by atoms with Crippen LogP contribution in [0.4, 0.5) is 0 Å². The van der Waals surface area contributed by atoms with E-state index in [1.54, 1.807) is 0 Å². The Morgan fingerprint density at radius 2 is 1.94 bits per heavy atom. The van der Waals surface area contributed by atoms with Gasteiger partial charge in [-0.15, -0.1) is 0 Å². The van der Waals surface area contributed by atoms with E-state index in [9.17, 15) is 4.79 Å². The smallest absolute Gasteiger partial charge is 0.163 e. The molecule has 16 heavy (non-hydrogen) atoms. The molecule has 0 heterocycles. The molecule has 1 aromatic rings. The van der Waals surface area contributed by atoms with Gasteiger partial charge in [0.1, 0.15) is 0 Å². The van der Waals surface area contributed by atoms with Crippen molar-refractivity contribution in [2.45, 2.75) is 19.3 Å². The molecule has 0 N–H and O–H groups in total. The quantitative estimate of drug-likeness (QED) is 0.554. The Bertz CT molecular complexity index is 418. The number of Topliss-reactive ketones (excluding diaryl/α,β-unsaturated/α-hetero) is 1. The normalized spacial score (nSPS) is 30.9. The molecule has 0 aromatic heterocycles. The van der Waals surface area contributed by atoms with Gasteiger partial charge in [0.15, 0.2) is 5.78 Å². The van der Waals surface area contributed by atoms with Crippen molar-refractivity contribution >= 4 is 5.78 Å². The molecule has 3 unspecified atom stereocenters. The first kappa shape index (κ1) is 9.83. The van der Waals surface area contributed by atoms with E-state index in [1.165, 1.54) is 12.8 Å². The van der Waals surface area contributed by atoms with E-state index >= 15 is 0 Å². The van der Waals surface area contributed by atoms with Gasteiger partial charge in [0, 0.05) is 12.0 Å². The highest BCUT2D eigenvalue weighted by molar-refractivity contribution is 5.96. The van der Waals surface area contributed by atoms with Crippen molar-refractivity contribution in [1.82, 2.24) is 0 Å². The minimum absolute atomic E-state index is 0.312. The first-order chi connectivity index (χ1) is 7.83. The van der Waals surface area contributed by atoms with Crippen LogP contribution in [0.15, 0.2) is 42.5 Å². The minimum atomic E-state index is 0.312. The SMILES string of the molecule is O=C(CC1CC2C=CC1C2)c1ccccc1. The largest absolute Gasteiger partial charge is 0.294 e. The lowest BCUT2D eigenvalue weighted by Crippen LogP contribution is -2.13. The van der Waals surface area contributed by atoms with Crippen LogP contribution in [0.3, 0.4) is 0 Å². The van der Waals surface area contributed by atoms with Gasteiger partial charge in [0.25, 0.3) is 0 Å². The van der Waals surface area contributed by atoms with Gasteiger partial charge < -0.3 is 0 Å². The van der Waals surface area contributed by atoms with E-state index < -0.39 is 0 Å². The Morgan fingerprint density at radius 1 is 1.12 bits per heavy atom. The van der Waals surface area contributed by atoms with Crippen LogP contribution >= 0.6 is 0 Å². The van der Waals surface area contributed by atoms with Gasteiger partial charge in [-0.3, -0.25) is 4.79 Å². The van der Waals surface area contributed by atoms with Gasteiger partial charge in [-0.1, -0.05) is 42.5 Å². The maximum atomic E-state index is 12.1. The van der Waals surface area contributed by atoms with E-state index in [0.717, 1.165) is 17.9 Å². The molecule has 3 atom stereocenters. The molecule has 3 rings (SSSR count). The van der Waals surface area contributed by atoms with Crippen molar-refractivity contribution < 1.29 is 4.79 Å². The van der Waals surface area contributed by atoms with Crippen molar-refractivity contribution in [2.24, 2.45) is 17.8 Å². The second kappa shape index (κ2) is 3.89. The number of ketones is 1. The molecular weight excluding hydrogens is 196 g/mol. The highest BCUT2D eigenvalue weighted by Crippen LogP contribution is 2.45. The Balaban J connectivity index is 1.68. The van der Waals surface area contributed by atoms with Crippen LogP contribution in [-0.4, -0.2) is 5.78 Å². The maximum absolute atomic E-state index is 12.1. The third-order valence-electron chi connectivity index (χ3n) is 3.96. The summed E-state index contributed by atoms with van der Waals surface area (Å²) in [5, 5.41) is 0. The maximum Gasteiger partial charge on any atom is 0.163 e. The Hall–Kier alpha value is -1.37. The molecule has 0 aliphatic heterocycles. The number of hydrogen-bond acceptors (Lipinski definition) is 1. The fraction of sp³-hybridized carbons (Fsp3) is 0.400. The summed E-state index contributed by atoms with van der Waals surface area (Å²) in [5.74, 6) is 2.35. The van der Waals surface area contributed by atoms with Gasteiger partial charge in [-0.05, 0) is 30.6 Å². The number of carbonyl (C=O) groups excluding carboxylic acids is 1. The molecule has 0 amide bonds. The fourth-order valence-corrected chi connectivity index (χ4v) is 3.11. The van der Waals surface area contributed by atoms with Crippen molar-refractivity contribution in [2.75, 3.05) is 0 Å². The summed E-state index contributed by atoms with van der Waals surface area (Å²) in [5.41, 5.74) is 0.870. The highest BCUT2D eigenvalue weighted by Gasteiger charge is 2.36. The molecule has 82 valence electrons. The monoisotopic (exact) mass is 212 g/mol. The van der Waals surface area contributed by atoms with Crippen LogP contribution in [-0.2, 0) is 0 Å². The average molecular weight is 212 g/mol. The number of fused-ring (bicyclic) bond motifs is 2. The molecule has 1 heteroatoms. The predicted octanol–water partition coefficient (Wildman–Crippen LogP) is 3.47. The minimum Gasteiger partial charge on any atom is -0.294 e. The first-order valence-electron chi connectivity index (χ1n) is 6.09. The Labute approximate surface area is 96.2 Å². The van der Waals surface area contributed by atoms with Gasteiger partial charge in [0.2, 0.25) is 0 Å². The van der Waals surface area contributed by atoms with E-state index in [4.69, 9.17) is 0 Å². The van der Waals surface area contributed by atoms with Gasteiger partial charge in [-0.25, -0.2) is 0 Å². The summed E-state index contributed by atoms with van der Waals surface area (Å²) in [4.78, 5) is 12.1. The van der Waals surface area contributed by atoms with Crippen LogP contribution in [0.2, 0.25) is 0 Å². The number of hydrogen-bond donors (Lipinski definition) is 0. The highest BCUT2D eigenvalue weighted by atomic mass is 16.1. The second-order valence-electron chi connectivity index (χ2n) is 5.03. The zero-order valence-electron chi connectivity index (χ0n) is 9.30. The number of allylic oxidation sites excluding steroid dienone is 2. The molecule has 2 bridgehead atoms. The third kappa shape index (κ3) is 1.71. The molecule has 1 saturated carbocycles. The van der Waals surface area contributed by atoms with Gasteiger partial charge in [-0.2, -0.15) is 0 Å². The number of carbonyl (C=O) groups is 1. The van der Waals surface area contributed by atoms with E-state index in [0.29, 0.717) is 17.6 Å². The molecule has 1 fully saturated rings. The molecule has 0 spiro atoms. The first-order valence-corrected chi connectivity index (χ1v) is 6.09. The predicted molar refractivity (Wildman–Crippen MR) is 64.2 cm³/mol. The van der Waals surface area contributed by atoms with Crippen LogP contribution in [0.25, 0.3) is 0 Å². The molecule has 2 aliphatic rings. The van der Waals surface area contributed by atoms with Gasteiger partial charge >= 0.3 is 0 Å². The lowest BCUT2D eigenvalue weighted by Gasteiger charge is -2.16. The van der Waals surface area contributed by atoms with Crippen molar-refractivity contribution in [3.05, 3.63) is 48.0 Å². The Kier molecular flexibility index (Phi) is 2.39. The van der Waals surface area contributed by atoms with Gasteiger partial charge in [0.05, 0.1) is 0 Å². The summed E-state index contributed by atoms with van der Waals surface area (Å²) >= 11 is 0. The number of rotatable bonds is 3.